The Balaban J connectivity index is 2.58. The highest BCUT2D eigenvalue weighted by Crippen LogP contribution is 2.40. The van der Waals surface area contributed by atoms with Gasteiger partial charge < -0.3 is 4.74 Å². The van der Waals surface area contributed by atoms with E-state index in [-0.39, 0.29) is 10.8 Å². The molecule has 0 aromatic heterocycles. The van der Waals surface area contributed by atoms with Gasteiger partial charge >= 0.3 is 6.61 Å². The van der Waals surface area contributed by atoms with Gasteiger partial charge in [0.1, 0.15) is 0 Å². The summed E-state index contributed by atoms with van der Waals surface area (Å²) in [4.78, 5) is 0. The monoisotopic (exact) mass is 322 g/mol. The lowest BCUT2D eigenvalue weighted by Gasteiger charge is -2.13. The molecule has 2 aromatic rings. The third-order valence-electron chi connectivity index (χ3n) is 2.40. The summed E-state index contributed by atoms with van der Waals surface area (Å²) >= 11 is 17.7. The number of rotatable bonds is 3. The van der Waals surface area contributed by atoms with Gasteiger partial charge in [-0.25, -0.2) is 0 Å². The van der Waals surface area contributed by atoms with Crippen LogP contribution >= 0.6 is 34.8 Å². The van der Waals surface area contributed by atoms with E-state index in [1.807, 2.05) is 0 Å². The predicted octanol–water partition coefficient (Wildman–Crippen LogP) is 5.92. The molecule has 0 heterocycles. The molecule has 2 rings (SSSR count). The van der Waals surface area contributed by atoms with E-state index in [1.54, 1.807) is 24.3 Å². The summed E-state index contributed by atoms with van der Waals surface area (Å²) in [7, 11) is 0. The average Bonchev–Trinajstić information content (AvgIpc) is 2.32. The Morgan fingerprint density at radius 3 is 2.26 bits per heavy atom. The largest absolute Gasteiger partial charge is 0.433 e. The van der Waals surface area contributed by atoms with Crippen LogP contribution < -0.4 is 4.74 Å². The zero-order valence-electron chi connectivity index (χ0n) is 9.34. The molecule has 0 saturated heterocycles. The van der Waals surface area contributed by atoms with Crippen molar-refractivity contribution in [3.8, 4) is 16.9 Å². The minimum Gasteiger partial charge on any atom is -0.433 e. The summed E-state index contributed by atoms with van der Waals surface area (Å²) in [5.74, 6) is -0.108. The van der Waals surface area contributed by atoms with Crippen molar-refractivity contribution in [2.45, 2.75) is 6.61 Å². The van der Waals surface area contributed by atoms with E-state index in [4.69, 9.17) is 34.8 Å². The number of hydrogen-bond donors (Lipinski definition) is 0. The number of ether oxygens (including phenoxy) is 1. The standard InChI is InChI=1S/C13H7Cl3F2O/c14-7-4-5-8(11(16)6-7)9-2-1-3-10(15)12(9)19-13(17)18/h1-6,13H. The number of hydrogen-bond acceptors (Lipinski definition) is 1. The highest BCUT2D eigenvalue weighted by Gasteiger charge is 2.16. The van der Waals surface area contributed by atoms with Crippen molar-refractivity contribution < 1.29 is 13.5 Å². The van der Waals surface area contributed by atoms with Gasteiger partial charge in [0, 0.05) is 16.1 Å². The zero-order chi connectivity index (χ0) is 14.0. The fourth-order valence-corrected chi connectivity index (χ4v) is 2.37. The van der Waals surface area contributed by atoms with Crippen molar-refractivity contribution in [1.29, 1.82) is 0 Å². The molecule has 0 saturated carbocycles. The first-order valence-corrected chi connectivity index (χ1v) is 6.31. The van der Waals surface area contributed by atoms with Crippen LogP contribution in [-0.4, -0.2) is 6.61 Å². The van der Waals surface area contributed by atoms with Gasteiger partial charge in [-0.1, -0.05) is 53.0 Å². The molecule has 0 aliphatic rings. The van der Waals surface area contributed by atoms with Crippen LogP contribution in [0.4, 0.5) is 8.78 Å². The van der Waals surface area contributed by atoms with E-state index < -0.39 is 6.61 Å². The first kappa shape index (κ1) is 14.4. The summed E-state index contributed by atoms with van der Waals surface area (Å²) in [6, 6.07) is 9.43. The lowest BCUT2D eigenvalue weighted by molar-refractivity contribution is -0.0493. The third-order valence-corrected chi connectivity index (χ3v) is 3.24. The van der Waals surface area contributed by atoms with Crippen molar-refractivity contribution in [3.63, 3.8) is 0 Å². The number of halogens is 5. The summed E-state index contributed by atoms with van der Waals surface area (Å²) in [6.45, 7) is -2.97. The van der Waals surface area contributed by atoms with Crippen LogP contribution in [0.5, 0.6) is 5.75 Å². The van der Waals surface area contributed by atoms with E-state index in [1.165, 1.54) is 12.1 Å². The second-order valence-electron chi connectivity index (χ2n) is 3.62. The third kappa shape index (κ3) is 3.30. The van der Waals surface area contributed by atoms with Crippen LogP contribution in [0.15, 0.2) is 36.4 Å². The Hall–Kier alpha value is -1.03. The maximum absolute atomic E-state index is 12.4. The molecule has 1 nitrogen and oxygen atoms in total. The second kappa shape index (κ2) is 5.95. The molecule has 0 amide bonds. The summed E-state index contributed by atoms with van der Waals surface area (Å²) in [6.07, 6.45) is 0. The lowest BCUT2D eigenvalue weighted by atomic mass is 10.0. The van der Waals surface area contributed by atoms with Gasteiger partial charge in [-0.15, -0.1) is 0 Å². The first-order valence-electron chi connectivity index (χ1n) is 5.18. The van der Waals surface area contributed by atoms with Crippen LogP contribution in [0.25, 0.3) is 11.1 Å². The molecule has 0 atom stereocenters. The van der Waals surface area contributed by atoms with Gasteiger partial charge in [0.2, 0.25) is 0 Å². The summed E-state index contributed by atoms with van der Waals surface area (Å²) < 4.78 is 29.3. The predicted molar refractivity (Wildman–Crippen MR) is 73.5 cm³/mol. The molecule has 0 radical (unpaired) electrons. The van der Waals surface area contributed by atoms with E-state index in [2.05, 4.69) is 4.74 Å². The number of alkyl halides is 2. The molecule has 100 valence electrons. The van der Waals surface area contributed by atoms with Gasteiger partial charge in [-0.05, 0) is 18.2 Å². The molecule has 19 heavy (non-hydrogen) atoms. The molecule has 2 aromatic carbocycles. The van der Waals surface area contributed by atoms with Crippen LogP contribution in [0.3, 0.4) is 0 Å². The smallest absolute Gasteiger partial charge is 0.387 e. The molecule has 0 fully saturated rings. The second-order valence-corrected chi connectivity index (χ2v) is 4.87. The normalized spacial score (nSPS) is 10.8. The van der Waals surface area contributed by atoms with E-state index in [0.29, 0.717) is 21.2 Å². The zero-order valence-corrected chi connectivity index (χ0v) is 11.6. The van der Waals surface area contributed by atoms with Gasteiger partial charge in [0.05, 0.1) is 10.0 Å². The Bertz CT molecular complexity index is 602. The lowest BCUT2D eigenvalue weighted by Crippen LogP contribution is -2.03. The van der Waals surface area contributed by atoms with Crippen LogP contribution in [-0.2, 0) is 0 Å². The fourth-order valence-electron chi connectivity index (χ4n) is 1.64. The molecule has 6 heteroatoms. The van der Waals surface area contributed by atoms with Gasteiger partial charge in [0.25, 0.3) is 0 Å². The number of para-hydroxylation sites is 1. The maximum Gasteiger partial charge on any atom is 0.387 e. The van der Waals surface area contributed by atoms with E-state index >= 15 is 0 Å². The SMILES string of the molecule is FC(F)Oc1c(Cl)cccc1-c1ccc(Cl)cc1Cl. The van der Waals surface area contributed by atoms with E-state index in [9.17, 15) is 8.78 Å². The maximum atomic E-state index is 12.4. The molecule has 0 aliphatic carbocycles. The molecule has 0 N–H and O–H groups in total. The van der Waals surface area contributed by atoms with Gasteiger partial charge in [-0.2, -0.15) is 8.78 Å². The molecular formula is C13H7Cl3F2O. The summed E-state index contributed by atoms with van der Waals surface area (Å²) in [5, 5.41) is 0.866. The Kier molecular flexibility index (Phi) is 4.50. The van der Waals surface area contributed by atoms with Crippen molar-refractivity contribution in [2.75, 3.05) is 0 Å². The Morgan fingerprint density at radius 2 is 1.63 bits per heavy atom. The van der Waals surface area contributed by atoms with Crippen LogP contribution in [0, 0.1) is 0 Å². The molecule has 0 aliphatic heterocycles. The fraction of sp³-hybridized carbons (Fsp3) is 0.0769. The highest BCUT2D eigenvalue weighted by molar-refractivity contribution is 6.37. The topological polar surface area (TPSA) is 9.23 Å². The van der Waals surface area contributed by atoms with Crippen molar-refractivity contribution in [2.24, 2.45) is 0 Å². The minimum absolute atomic E-state index is 0.0869. The van der Waals surface area contributed by atoms with Crippen LogP contribution in [0.1, 0.15) is 0 Å². The molecular weight excluding hydrogens is 316 g/mol. The van der Waals surface area contributed by atoms with E-state index in [0.717, 1.165) is 0 Å². The van der Waals surface area contributed by atoms with Gasteiger partial charge in [0.15, 0.2) is 5.75 Å². The Morgan fingerprint density at radius 1 is 0.895 bits per heavy atom. The highest BCUT2D eigenvalue weighted by atomic mass is 35.5. The van der Waals surface area contributed by atoms with Crippen molar-refractivity contribution in [3.05, 3.63) is 51.5 Å². The molecule has 0 spiro atoms. The first-order chi connectivity index (χ1) is 8.99. The van der Waals surface area contributed by atoms with Gasteiger partial charge in [-0.3, -0.25) is 0 Å². The number of benzene rings is 2. The Labute approximate surface area is 123 Å². The average molecular weight is 324 g/mol. The van der Waals surface area contributed by atoms with Crippen molar-refractivity contribution >= 4 is 34.8 Å². The minimum atomic E-state index is -2.97. The van der Waals surface area contributed by atoms with Crippen molar-refractivity contribution in [1.82, 2.24) is 0 Å². The summed E-state index contributed by atoms with van der Waals surface area (Å²) in [5.41, 5.74) is 0.902. The molecule has 0 bridgehead atoms. The van der Waals surface area contributed by atoms with Crippen LogP contribution in [0.2, 0.25) is 15.1 Å². The quantitative estimate of drug-likeness (QED) is 0.681. The molecule has 0 unspecified atom stereocenters.